The topological polar surface area (TPSA) is 86.7 Å². The molecule has 1 rings (SSSR count). The molecule has 0 spiro atoms. The first-order valence-corrected chi connectivity index (χ1v) is 5.53. The zero-order chi connectivity index (χ0) is 14.6. The predicted molar refractivity (Wildman–Crippen MR) is 56.0 cm³/mol. The number of nitrogens with one attached hydrogen (secondary N) is 1. The average molecular weight is 282 g/mol. The average Bonchev–Trinajstić information content (AvgIpc) is 2.25. The van der Waals surface area contributed by atoms with E-state index in [1.165, 1.54) is 0 Å². The van der Waals surface area contributed by atoms with Crippen LogP contribution in [0.25, 0.3) is 0 Å². The van der Waals surface area contributed by atoms with Crippen LogP contribution in [-0.2, 0) is 14.4 Å². The van der Waals surface area contributed by atoms with Gasteiger partial charge in [-0.1, -0.05) is 0 Å². The Morgan fingerprint density at radius 1 is 1.42 bits per heavy atom. The lowest BCUT2D eigenvalue weighted by Gasteiger charge is -2.28. The first-order valence-electron chi connectivity index (χ1n) is 5.53. The van der Waals surface area contributed by atoms with Gasteiger partial charge in [0.2, 0.25) is 11.8 Å². The SMILES string of the molecule is O=C(O)CN(CC(F)(F)F)C(=O)C1CCC(=O)NC1. The third kappa shape index (κ3) is 5.14. The molecule has 0 aliphatic carbocycles. The van der Waals surface area contributed by atoms with Gasteiger partial charge in [-0.05, 0) is 6.42 Å². The second-order valence-electron chi connectivity index (χ2n) is 4.24. The number of halogens is 3. The lowest BCUT2D eigenvalue weighted by Crippen LogP contribution is -2.49. The van der Waals surface area contributed by atoms with Gasteiger partial charge in [0.15, 0.2) is 0 Å². The minimum absolute atomic E-state index is 0.0450. The molecule has 2 N–H and O–H groups in total. The van der Waals surface area contributed by atoms with Gasteiger partial charge in [0.05, 0.1) is 5.92 Å². The summed E-state index contributed by atoms with van der Waals surface area (Å²) < 4.78 is 36.9. The molecule has 1 heterocycles. The van der Waals surface area contributed by atoms with Gasteiger partial charge in [0.1, 0.15) is 13.1 Å². The molecule has 0 aromatic heterocycles. The van der Waals surface area contributed by atoms with E-state index in [0.29, 0.717) is 0 Å². The van der Waals surface area contributed by atoms with Crippen LogP contribution in [-0.4, -0.2) is 53.6 Å². The van der Waals surface area contributed by atoms with Crippen molar-refractivity contribution in [1.82, 2.24) is 10.2 Å². The summed E-state index contributed by atoms with van der Waals surface area (Å²) in [6.07, 6.45) is -4.50. The van der Waals surface area contributed by atoms with Gasteiger partial charge < -0.3 is 15.3 Å². The highest BCUT2D eigenvalue weighted by molar-refractivity contribution is 5.86. The molecular formula is C10H13F3N2O4. The van der Waals surface area contributed by atoms with Crippen LogP contribution >= 0.6 is 0 Å². The van der Waals surface area contributed by atoms with Gasteiger partial charge in [-0.15, -0.1) is 0 Å². The molecule has 0 radical (unpaired) electrons. The smallest absolute Gasteiger partial charge is 0.406 e. The predicted octanol–water partition coefficient (Wildman–Crippen LogP) is -0.0119. The molecule has 108 valence electrons. The van der Waals surface area contributed by atoms with Gasteiger partial charge in [-0.3, -0.25) is 14.4 Å². The maximum Gasteiger partial charge on any atom is 0.406 e. The highest BCUT2D eigenvalue weighted by Gasteiger charge is 2.37. The number of piperidine rings is 1. The van der Waals surface area contributed by atoms with Crippen molar-refractivity contribution in [2.75, 3.05) is 19.6 Å². The summed E-state index contributed by atoms with van der Waals surface area (Å²) in [5.41, 5.74) is 0. The van der Waals surface area contributed by atoms with Crippen LogP contribution in [0.1, 0.15) is 12.8 Å². The quantitative estimate of drug-likeness (QED) is 0.759. The Balaban J connectivity index is 2.70. The summed E-state index contributed by atoms with van der Waals surface area (Å²) in [5, 5.41) is 10.9. The van der Waals surface area contributed by atoms with Crippen molar-refractivity contribution in [3.8, 4) is 0 Å². The van der Waals surface area contributed by atoms with E-state index in [1.807, 2.05) is 0 Å². The number of carbonyl (C=O) groups is 3. The Bertz CT molecular complexity index is 373. The Hall–Kier alpha value is -1.80. The second kappa shape index (κ2) is 5.89. The lowest BCUT2D eigenvalue weighted by atomic mass is 9.97. The highest BCUT2D eigenvalue weighted by atomic mass is 19.4. The minimum Gasteiger partial charge on any atom is -0.480 e. The van der Waals surface area contributed by atoms with Crippen LogP contribution in [0.15, 0.2) is 0 Å². The van der Waals surface area contributed by atoms with Crippen molar-refractivity contribution in [3.05, 3.63) is 0 Å². The maximum atomic E-state index is 12.3. The Morgan fingerprint density at radius 2 is 2.05 bits per heavy atom. The molecular weight excluding hydrogens is 269 g/mol. The molecule has 2 amide bonds. The first-order chi connectivity index (χ1) is 8.69. The Labute approximate surface area is 106 Å². The molecule has 0 saturated carbocycles. The molecule has 6 nitrogen and oxygen atoms in total. The molecule has 9 heteroatoms. The molecule has 1 unspecified atom stereocenters. The molecule has 1 saturated heterocycles. The van der Waals surface area contributed by atoms with Crippen LogP contribution in [0, 0.1) is 5.92 Å². The number of hydrogen-bond donors (Lipinski definition) is 2. The summed E-state index contributed by atoms with van der Waals surface area (Å²) in [5.74, 6) is -3.50. The number of carboxylic acids is 1. The lowest BCUT2D eigenvalue weighted by molar-refractivity contribution is -0.168. The largest absolute Gasteiger partial charge is 0.480 e. The van der Waals surface area contributed by atoms with E-state index < -0.39 is 37.1 Å². The monoisotopic (exact) mass is 282 g/mol. The fourth-order valence-corrected chi connectivity index (χ4v) is 1.79. The van der Waals surface area contributed by atoms with Crippen LogP contribution in [0.2, 0.25) is 0 Å². The van der Waals surface area contributed by atoms with Gasteiger partial charge in [0, 0.05) is 13.0 Å². The molecule has 0 aromatic rings. The second-order valence-corrected chi connectivity index (χ2v) is 4.24. The van der Waals surface area contributed by atoms with Gasteiger partial charge in [-0.25, -0.2) is 0 Å². The third-order valence-corrected chi connectivity index (χ3v) is 2.62. The molecule has 19 heavy (non-hydrogen) atoms. The summed E-state index contributed by atoms with van der Waals surface area (Å²) in [6, 6.07) is 0. The van der Waals surface area contributed by atoms with E-state index in [1.54, 1.807) is 0 Å². The van der Waals surface area contributed by atoms with E-state index in [4.69, 9.17) is 5.11 Å². The zero-order valence-electron chi connectivity index (χ0n) is 9.87. The number of aliphatic carboxylic acids is 1. The third-order valence-electron chi connectivity index (χ3n) is 2.62. The molecule has 0 bridgehead atoms. The van der Waals surface area contributed by atoms with Crippen LogP contribution in [0.3, 0.4) is 0 Å². The van der Waals surface area contributed by atoms with Gasteiger partial charge in [-0.2, -0.15) is 13.2 Å². The van der Waals surface area contributed by atoms with Crippen molar-refractivity contribution in [2.24, 2.45) is 5.92 Å². The van der Waals surface area contributed by atoms with Crippen LogP contribution in [0.5, 0.6) is 0 Å². The van der Waals surface area contributed by atoms with E-state index in [0.717, 1.165) is 0 Å². The van der Waals surface area contributed by atoms with Crippen LogP contribution in [0.4, 0.5) is 13.2 Å². The van der Waals surface area contributed by atoms with Crippen molar-refractivity contribution in [3.63, 3.8) is 0 Å². The fourth-order valence-electron chi connectivity index (χ4n) is 1.79. The van der Waals surface area contributed by atoms with Crippen molar-refractivity contribution < 1.29 is 32.7 Å². The molecule has 1 atom stereocenters. The van der Waals surface area contributed by atoms with Crippen molar-refractivity contribution >= 4 is 17.8 Å². The number of hydrogen-bond acceptors (Lipinski definition) is 3. The summed E-state index contributed by atoms with van der Waals surface area (Å²) in [6.45, 7) is -2.68. The van der Waals surface area contributed by atoms with E-state index in [-0.39, 0.29) is 30.2 Å². The van der Waals surface area contributed by atoms with E-state index in [2.05, 4.69) is 5.32 Å². The molecule has 0 aromatic carbocycles. The Morgan fingerprint density at radius 3 is 2.47 bits per heavy atom. The number of rotatable bonds is 4. The number of alkyl halides is 3. The van der Waals surface area contributed by atoms with Gasteiger partial charge in [0.25, 0.3) is 0 Å². The van der Waals surface area contributed by atoms with Crippen molar-refractivity contribution in [2.45, 2.75) is 19.0 Å². The van der Waals surface area contributed by atoms with Gasteiger partial charge >= 0.3 is 12.1 Å². The molecule has 1 aliphatic rings. The number of nitrogens with zero attached hydrogens (tertiary/aromatic N) is 1. The minimum atomic E-state index is -4.66. The van der Waals surface area contributed by atoms with Crippen molar-refractivity contribution in [1.29, 1.82) is 0 Å². The standard InChI is InChI=1S/C10H13F3N2O4/c11-10(12,13)5-15(4-8(17)18)9(19)6-1-2-7(16)14-3-6/h6H,1-5H2,(H,14,16)(H,17,18). The molecule has 1 fully saturated rings. The Kier molecular flexibility index (Phi) is 4.73. The highest BCUT2D eigenvalue weighted by Crippen LogP contribution is 2.20. The number of amides is 2. The van der Waals surface area contributed by atoms with E-state index >= 15 is 0 Å². The summed E-state index contributed by atoms with van der Waals surface area (Å²) in [7, 11) is 0. The first kappa shape index (κ1) is 15.3. The van der Waals surface area contributed by atoms with Crippen LogP contribution < -0.4 is 5.32 Å². The molecule has 1 aliphatic heterocycles. The maximum absolute atomic E-state index is 12.3. The summed E-state index contributed by atoms with van der Waals surface area (Å²) >= 11 is 0. The van der Waals surface area contributed by atoms with E-state index in [9.17, 15) is 27.6 Å². The fraction of sp³-hybridized carbons (Fsp3) is 0.700. The number of carbonyl (C=O) groups excluding carboxylic acids is 2. The zero-order valence-corrected chi connectivity index (χ0v) is 9.87. The summed E-state index contributed by atoms with van der Waals surface area (Å²) in [4.78, 5) is 33.5. The number of carboxylic acid groups (broad SMARTS) is 1. The normalized spacial score (nSPS) is 19.7.